The minimum Gasteiger partial charge on any atom is -0.481 e. The normalized spacial score (nSPS) is 12.2. The van der Waals surface area contributed by atoms with Crippen molar-refractivity contribution in [2.24, 2.45) is 5.92 Å². The monoisotopic (exact) mass is 345 g/mol. The largest absolute Gasteiger partial charge is 0.481 e. The number of tetrazole rings is 1. The minimum absolute atomic E-state index is 0.0920. The Morgan fingerprint density at radius 1 is 1.20 bits per heavy atom. The van der Waals surface area contributed by atoms with E-state index in [1.165, 1.54) is 4.80 Å². The molecule has 0 aliphatic carbocycles. The van der Waals surface area contributed by atoms with Gasteiger partial charge in [0.05, 0.1) is 6.42 Å². The van der Waals surface area contributed by atoms with Crippen LogP contribution in [0.5, 0.6) is 0 Å². The van der Waals surface area contributed by atoms with E-state index in [4.69, 9.17) is 5.11 Å². The highest BCUT2D eigenvalue weighted by Crippen LogP contribution is 2.15. The summed E-state index contributed by atoms with van der Waals surface area (Å²) in [5.74, 6) is -0.471. The maximum Gasteiger partial charge on any atom is 0.305 e. The van der Waals surface area contributed by atoms with Crippen LogP contribution >= 0.6 is 0 Å². The number of benzene rings is 1. The van der Waals surface area contributed by atoms with Gasteiger partial charge in [-0.15, -0.1) is 10.2 Å². The van der Waals surface area contributed by atoms with E-state index in [0.29, 0.717) is 12.4 Å². The van der Waals surface area contributed by atoms with Gasteiger partial charge in [0.1, 0.15) is 6.04 Å². The zero-order valence-corrected chi connectivity index (χ0v) is 14.7. The summed E-state index contributed by atoms with van der Waals surface area (Å²) in [4.78, 5) is 26.4. The lowest BCUT2D eigenvalue weighted by atomic mass is 10.1. The fourth-order valence-electron chi connectivity index (χ4n) is 2.42. The topological polar surface area (TPSA) is 101 Å². The number of hydrogen-bond donors (Lipinski definition) is 1. The second-order valence-corrected chi connectivity index (χ2v) is 6.30. The lowest BCUT2D eigenvalue weighted by Crippen LogP contribution is -2.40. The molecule has 0 saturated carbocycles. The molecule has 134 valence electrons. The summed E-state index contributed by atoms with van der Waals surface area (Å²) >= 11 is 0. The Bertz CT molecular complexity index is 714. The highest BCUT2D eigenvalue weighted by Gasteiger charge is 2.25. The van der Waals surface area contributed by atoms with Crippen LogP contribution in [0.25, 0.3) is 11.4 Å². The Morgan fingerprint density at radius 2 is 1.88 bits per heavy atom. The van der Waals surface area contributed by atoms with Crippen molar-refractivity contribution in [1.82, 2.24) is 25.1 Å². The Morgan fingerprint density at radius 3 is 2.48 bits per heavy atom. The summed E-state index contributed by atoms with van der Waals surface area (Å²) in [6, 6.07) is 8.73. The van der Waals surface area contributed by atoms with Gasteiger partial charge in [0.2, 0.25) is 11.7 Å². The highest BCUT2D eigenvalue weighted by molar-refractivity contribution is 5.80. The average molecular weight is 345 g/mol. The van der Waals surface area contributed by atoms with Gasteiger partial charge in [-0.05, 0) is 18.1 Å². The lowest BCUT2D eigenvalue weighted by molar-refractivity contribution is -0.139. The third-order valence-corrected chi connectivity index (χ3v) is 3.66. The Hall–Kier alpha value is -2.77. The van der Waals surface area contributed by atoms with Crippen LogP contribution in [-0.4, -0.2) is 55.2 Å². The Balaban J connectivity index is 2.13. The van der Waals surface area contributed by atoms with E-state index in [1.807, 2.05) is 44.2 Å². The van der Waals surface area contributed by atoms with E-state index in [0.717, 1.165) is 5.56 Å². The van der Waals surface area contributed by atoms with E-state index in [2.05, 4.69) is 15.4 Å². The molecule has 0 spiro atoms. The summed E-state index contributed by atoms with van der Waals surface area (Å²) in [5, 5.41) is 21.2. The number of carboxylic acid groups (broad SMARTS) is 1. The summed E-state index contributed by atoms with van der Waals surface area (Å²) in [7, 11) is 0. The average Bonchev–Trinajstić information content (AvgIpc) is 3.07. The third kappa shape index (κ3) is 5.10. The number of carbonyl (C=O) groups is 2. The molecule has 0 radical (unpaired) electrons. The van der Waals surface area contributed by atoms with Crippen LogP contribution in [-0.2, 0) is 9.59 Å². The van der Waals surface area contributed by atoms with E-state index in [1.54, 1.807) is 11.8 Å². The summed E-state index contributed by atoms with van der Waals surface area (Å²) in [6.07, 6.45) is -0.0920. The van der Waals surface area contributed by atoms with Crippen LogP contribution in [0.4, 0.5) is 0 Å². The third-order valence-electron chi connectivity index (χ3n) is 3.66. The van der Waals surface area contributed by atoms with Crippen molar-refractivity contribution in [2.75, 3.05) is 13.1 Å². The SMILES string of the molecule is CC(C)CN(CCC(=O)O)C(=O)C(C)n1nnc(-c2ccccc2)n1. The lowest BCUT2D eigenvalue weighted by Gasteiger charge is -2.26. The van der Waals surface area contributed by atoms with Crippen LogP contribution < -0.4 is 0 Å². The summed E-state index contributed by atoms with van der Waals surface area (Å²) < 4.78 is 0. The van der Waals surface area contributed by atoms with E-state index >= 15 is 0 Å². The van der Waals surface area contributed by atoms with Gasteiger partial charge in [-0.3, -0.25) is 9.59 Å². The van der Waals surface area contributed by atoms with Crippen molar-refractivity contribution in [3.63, 3.8) is 0 Å². The molecule has 0 aliphatic heterocycles. The van der Waals surface area contributed by atoms with Crippen molar-refractivity contribution in [1.29, 1.82) is 0 Å². The van der Waals surface area contributed by atoms with Gasteiger partial charge in [0, 0.05) is 18.7 Å². The molecule has 0 saturated heterocycles. The van der Waals surface area contributed by atoms with Crippen molar-refractivity contribution in [3.05, 3.63) is 30.3 Å². The zero-order valence-electron chi connectivity index (χ0n) is 14.7. The molecule has 25 heavy (non-hydrogen) atoms. The maximum absolute atomic E-state index is 12.7. The Labute approximate surface area is 146 Å². The Kier molecular flexibility index (Phi) is 6.21. The van der Waals surface area contributed by atoms with E-state index < -0.39 is 12.0 Å². The van der Waals surface area contributed by atoms with Gasteiger partial charge in [-0.25, -0.2) is 0 Å². The van der Waals surface area contributed by atoms with Gasteiger partial charge in [0.15, 0.2) is 0 Å². The van der Waals surface area contributed by atoms with Crippen LogP contribution in [0.1, 0.15) is 33.2 Å². The molecule has 1 unspecified atom stereocenters. The summed E-state index contributed by atoms with van der Waals surface area (Å²) in [6.45, 7) is 6.29. The molecule has 1 aromatic heterocycles. The predicted molar refractivity (Wildman–Crippen MR) is 91.6 cm³/mol. The molecule has 8 heteroatoms. The molecule has 1 aromatic carbocycles. The number of rotatable bonds is 8. The second-order valence-electron chi connectivity index (χ2n) is 6.30. The van der Waals surface area contributed by atoms with Crippen LogP contribution in [0.3, 0.4) is 0 Å². The smallest absolute Gasteiger partial charge is 0.305 e. The quantitative estimate of drug-likeness (QED) is 0.783. The standard InChI is InChI=1S/C17H23N5O3/c1-12(2)11-21(10-9-15(23)24)17(25)13(3)22-19-16(18-20-22)14-7-5-4-6-8-14/h4-8,12-13H,9-11H2,1-3H3,(H,23,24). The van der Waals surface area contributed by atoms with Crippen LogP contribution in [0, 0.1) is 5.92 Å². The zero-order chi connectivity index (χ0) is 18.4. The van der Waals surface area contributed by atoms with Crippen molar-refractivity contribution in [3.8, 4) is 11.4 Å². The van der Waals surface area contributed by atoms with Gasteiger partial charge < -0.3 is 10.0 Å². The fourth-order valence-corrected chi connectivity index (χ4v) is 2.42. The van der Waals surface area contributed by atoms with Crippen molar-refractivity contribution >= 4 is 11.9 Å². The molecule has 1 atom stereocenters. The van der Waals surface area contributed by atoms with Gasteiger partial charge in [0.25, 0.3) is 0 Å². The second kappa shape index (κ2) is 8.36. The molecule has 0 bridgehead atoms. The first-order valence-electron chi connectivity index (χ1n) is 8.24. The number of carbonyl (C=O) groups excluding carboxylic acids is 1. The first kappa shape index (κ1) is 18.6. The number of amides is 1. The first-order chi connectivity index (χ1) is 11.9. The number of aliphatic carboxylic acids is 1. The molecule has 2 aromatic rings. The molecule has 8 nitrogen and oxygen atoms in total. The number of hydrogen-bond acceptors (Lipinski definition) is 5. The van der Waals surface area contributed by atoms with Gasteiger partial charge in [-0.1, -0.05) is 44.2 Å². The summed E-state index contributed by atoms with van der Waals surface area (Å²) in [5.41, 5.74) is 0.818. The number of nitrogens with zero attached hydrogens (tertiary/aromatic N) is 5. The fraction of sp³-hybridized carbons (Fsp3) is 0.471. The molecule has 0 aliphatic rings. The first-order valence-corrected chi connectivity index (χ1v) is 8.24. The number of aromatic nitrogens is 4. The molecule has 2 rings (SSSR count). The molecular formula is C17H23N5O3. The highest BCUT2D eigenvalue weighted by atomic mass is 16.4. The molecule has 0 fully saturated rings. The van der Waals surface area contributed by atoms with Crippen molar-refractivity contribution < 1.29 is 14.7 Å². The minimum atomic E-state index is -0.931. The maximum atomic E-state index is 12.7. The van der Waals surface area contributed by atoms with E-state index in [-0.39, 0.29) is 24.8 Å². The van der Waals surface area contributed by atoms with Crippen LogP contribution in [0.15, 0.2) is 30.3 Å². The van der Waals surface area contributed by atoms with E-state index in [9.17, 15) is 9.59 Å². The van der Waals surface area contributed by atoms with Gasteiger partial charge in [-0.2, -0.15) is 4.80 Å². The molecular weight excluding hydrogens is 322 g/mol. The molecule has 1 amide bonds. The van der Waals surface area contributed by atoms with Crippen LogP contribution in [0.2, 0.25) is 0 Å². The van der Waals surface area contributed by atoms with Gasteiger partial charge >= 0.3 is 5.97 Å². The predicted octanol–water partition coefficient (Wildman–Crippen LogP) is 1.86. The number of carboxylic acids is 1. The molecule has 1 N–H and O–H groups in total. The van der Waals surface area contributed by atoms with Crippen molar-refractivity contribution in [2.45, 2.75) is 33.2 Å². The molecule has 1 heterocycles.